The van der Waals surface area contributed by atoms with Gasteiger partial charge in [0, 0.05) is 23.1 Å². The fourth-order valence-electron chi connectivity index (χ4n) is 2.09. The maximum Gasteiger partial charge on any atom is 0.573 e. The Hall–Kier alpha value is -0.770. The first-order valence-corrected chi connectivity index (χ1v) is 11.4. The minimum absolute atomic E-state index is 0.0101. The van der Waals surface area contributed by atoms with Gasteiger partial charge < -0.3 is 10.1 Å². The molecule has 1 aliphatic heterocycles. The predicted octanol–water partition coefficient (Wildman–Crippen LogP) is 2.10. The Kier molecular flexibility index (Phi) is 9.31. The van der Waals surface area contributed by atoms with Crippen LogP contribution in [0.2, 0.25) is 0 Å². The maximum absolute atomic E-state index is 12.5. The molecule has 28 heavy (non-hydrogen) atoms. The molecule has 162 valence electrons. The van der Waals surface area contributed by atoms with Crippen LogP contribution < -0.4 is 5.32 Å². The zero-order valence-electron chi connectivity index (χ0n) is 17.3. The molecule has 0 saturated carbocycles. The van der Waals surface area contributed by atoms with Gasteiger partial charge in [-0.2, -0.15) is 13.9 Å². The van der Waals surface area contributed by atoms with Gasteiger partial charge in [-0.15, -0.1) is 4.52 Å². The van der Waals surface area contributed by atoms with Gasteiger partial charge in [0.05, 0.1) is 13.5 Å². The molecule has 0 bridgehead atoms. The zero-order valence-corrected chi connectivity index (χ0v) is 19.0. The third-order valence-corrected chi connectivity index (χ3v) is 6.51. The fraction of sp³-hybridized carbons (Fsp3) is 0.824. The quantitative estimate of drug-likeness (QED) is 0.332. The smallest absolute Gasteiger partial charge is 0.469 e. The van der Waals surface area contributed by atoms with Gasteiger partial charge in [-0.3, -0.25) is 14.4 Å². The van der Waals surface area contributed by atoms with E-state index in [1.807, 2.05) is 20.8 Å². The molecule has 0 aromatic carbocycles. The van der Waals surface area contributed by atoms with Gasteiger partial charge >= 0.3 is 14.1 Å². The molecule has 0 spiro atoms. The van der Waals surface area contributed by atoms with Crippen molar-refractivity contribution in [3.63, 3.8) is 0 Å². The first-order chi connectivity index (χ1) is 12.8. The molecule has 11 heteroatoms. The lowest BCUT2D eigenvalue weighted by Gasteiger charge is -2.36. The van der Waals surface area contributed by atoms with Crippen molar-refractivity contribution < 1.29 is 37.6 Å². The van der Waals surface area contributed by atoms with E-state index < -0.39 is 37.0 Å². The molecule has 0 radical (unpaired) electrons. The van der Waals surface area contributed by atoms with E-state index in [1.54, 1.807) is 13.8 Å². The number of esters is 1. The van der Waals surface area contributed by atoms with E-state index in [9.17, 15) is 19.3 Å². The number of nitrogens with one attached hydrogen (secondary N) is 1. The van der Waals surface area contributed by atoms with E-state index in [0.717, 1.165) is 11.8 Å². The van der Waals surface area contributed by atoms with Crippen molar-refractivity contribution in [3.05, 3.63) is 0 Å². The lowest BCUT2D eigenvalue weighted by molar-refractivity contribution is -0.144. The number of carbonyl (C=O) groups excluding carboxylic acids is 3. The summed E-state index contributed by atoms with van der Waals surface area (Å²) in [6, 6.07) is 0. The second-order valence-corrected chi connectivity index (χ2v) is 10.8. The predicted molar refractivity (Wildman–Crippen MR) is 106 cm³/mol. The Labute approximate surface area is 170 Å². The highest BCUT2D eigenvalue weighted by Crippen LogP contribution is 2.63. The van der Waals surface area contributed by atoms with E-state index in [4.69, 9.17) is 13.6 Å². The number of hydrogen-bond donors (Lipinski definition) is 2. The average molecular weight is 440 g/mol. The molecule has 2 unspecified atom stereocenters. The number of thioether (sulfide) groups is 1. The number of methoxy groups -OCH3 is 1. The van der Waals surface area contributed by atoms with Crippen molar-refractivity contribution in [1.82, 2.24) is 5.32 Å². The number of amides is 1. The van der Waals surface area contributed by atoms with Crippen LogP contribution in [0.4, 0.5) is 0 Å². The average Bonchev–Trinajstić information content (AvgIpc) is 2.60. The normalized spacial score (nSPS) is 24.5. The summed E-state index contributed by atoms with van der Waals surface area (Å²) in [5.74, 6) is -0.594. The van der Waals surface area contributed by atoms with Gasteiger partial charge in [-0.1, -0.05) is 46.4 Å². The lowest BCUT2D eigenvalue weighted by atomic mass is 9.87. The minimum atomic E-state index is -3.69. The summed E-state index contributed by atoms with van der Waals surface area (Å²) in [5.41, 5.74) is -1.17. The van der Waals surface area contributed by atoms with E-state index in [2.05, 4.69) is 10.1 Å². The molecule has 1 saturated heterocycles. The van der Waals surface area contributed by atoms with Crippen molar-refractivity contribution >= 4 is 36.9 Å². The highest BCUT2D eigenvalue weighted by Gasteiger charge is 2.59. The highest BCUT2D eigenvalue weighted by atomic mass is 32.2. The topological polar surface area (TPSA) is 120 Å². The molecular formula is C17H31NO8PS+. The molecule has 9 nitrogen and oxygen atoms in total. The molecule has 0 aliphatic carbocycles. The van der Waals surface area contributed by atoms with Crippen molar-refractivity contribution in [2.75, 3.05) is 32.6 Å². The van der Waals surface area contributed by atoms with E-state index in [1.165, 1.54) is 7.11 Å². The van der Waals surface area contributed by atoms with Crippen LogP contribution >= 0.6 is 19.9 Å². The van der Waals surface area contributed by atoms with Crippen molar-refractivity contribution in [2.45, 2.75) is 47.1 Å². The number of carbonyl (C=O) groups is 3. The Morgan fingerprint density at radius 1 is 1.32 bits per heavy atom. The molecule has 2 N–H and O–H groups in total. The summed E-state index contributed by atoms with van der Waals surface area (Å²) < 4.78 is 20.8. The molecule has 1 fully saturated rings. The van der Waals surface area contributed by atoms with Crippen LogP contribution in [-0.2, 0) is 32.7 Å². The first kappa shape index (κ1) is 25.3. The monoisotopic (exact) mass is 440 g/mol. The summed E-state index contributed by atoms with van der Waals surface area (Å²) in [4.78, 5) is 46.0. The summed E-state index contributed by atoms with van der Waals surface area (Å²) in [6.07, 6.45) is -0.984. The number of rotatable bonds is 8. The van der Waals surface area contributed by atoms with E-state index in [0.29, 0.717) is 5.75 Å². The van der Waals surface area contributed by atoms with Crippen LogP contribution in [0.25, 0.3) is 0 Å². The molecular weight excluding hydrogens is 409 g/mol. The molecule has 0 aromatic rings. The van der Waals surface area contributed by atoms with Crippen LogP contribution in [0.15, 0.2) is 0 Å². The molecule has 2 atom stereocenters. The van der Waals surface area contributed by atoms with Crippen LogP contribution in [-0.4, -0.2) is 60.6 Å². The Bertz CT molecular complexity index is 580. The minimum Gasteiger partial charge on any atom is -0.469 e. The second-order valence-electron chi connectivity index (χ2n) is 8.05. The third-order valence-electron chi connectivity index (χ3n) is 3.83. The SMILES string of the molecule is COC(=O)CCNC(=O)C1O[P+](O)(OCCSC(=O)C(C)(C)C)OCC1(C)C. The summed E-state index contributed by atoms with van der Waals surface area (Å²) in [5, 5.41) is 2.60. The molecule has 1 amide bonds. The Morgan fingerprint density at radius 3 is 2.54 bits per heavy atom. The van der Waals surface area contributed by atoms with E-state index in [-0.39, 0.29) is 31.3 Å². The van der Waals surface area contributed by atoms with Crippen molar-refractivity contribution in [2.24, 2.45) is 10.8 Å². The van der Waals surface area contributed by atoms with Crippen LogP contribution in [0.3, 0.4) is 0 Å². The standard InChI is InChI=1S/C17H30NO8PS/c1-16(2,3)15(21)28-10-9-24-27(22)25-11-17(4,5)13(26-27)14(20)18-8-7-12(19)23-6/h13,22H,7-11H2,1-6H3/p+1. The Morgan fingerprint density at radius 2 is 1.96 bits per heavy atom. The van der Waals surface area contributed by atoms with E-state index >= 15 is 0 Å². The molecule has 1 rings (SSSR count). The van der Waals surface area contributed by atoms with Gasteiger partial charge in [0.25, 0.3) is 5.91 Å². The summed E-state index contributed by atoms with van der Waals surface area (Å²) >= 11 is 1.10. The number of ether oxygens (including phenoxy) is 1. The van der Waals surface area contributed by atoms with Gasteiger partial charge in [0.2, 0.25) is 0 Å². The lowest BCUT2D eigenvalue weighted by Crippen LogP contribution is -2.50. The maximum atomic E-state index is 12.5. The second kappa shape index (κ2) is 10.3. The molecule has 1 heterocycles. The Balaban J connectivity index is 2.57. The largest absolute Gasteiger partial charge is 0.573 e. The molecule has 1 aliphatic rings. The van der Waals surface area contributed by atoms with Crippen LogP contribution in [0.1, 0.15) is 41.0 Å². The summed E-state index contributed by atoms with van der Waals surface area (Å²) in [7, 11) is -2.42. The van der Waals surface area contributed by atoms with Crippen LogP contribution in [0, 0.1) is 10.8 Å². The molecule has 0 aromatic heterocycles. The first-order valence-electron chi connectivity index (χ1n) is 8.92. The zero-order chi connectivity index (χ0) is 21.6. The third kappa shape index (κ3) is 7.93. The summed E-state index contributed by atoms with van der Waals surface area (Å²) in [6.45, 7) is 9.17. The van der Waals surface area contributed by atoms with Gasteiger partial charge in [0.15, 0.2) is 11.2 Å². The van der Waals surface area contributed by atoms with Gasteiger partial charge in [-0.25, -0.2) is 0 Å². The highest BCUT2D eigenvalue weighted by molar-refractivity contribution is 8.13. The van der Waals surface area contributed by atoms with Gasteiger partial charge in [-0.05, 0) is 0 Å². The van der Waals surface area contributed by atoms with Crippen molar-refractivity contribution in [3.8, 4) is 0 Å². The number of hydrogen-bond acceptors (Lipinski definition) is 9. The van der Waals surface area contributed by atoms with Crippen LogP contribution in [0.5, 0.6) is 0 Å². The van der Waals surface area contributed by atoms with Gasteiger partial charge in [0.1, 0.15) is 13.2 Å². The fourth-order valence-corrected chi connectivity index (χ4v) is 4.66. The van der Waals surface area contributed by atoms with Crippen molar-refractivity contribution in [1.29, 1.82) is 0 Å².